The van der Waals surface area contributed by atoms with E-state index in [1.165, 1.54) is 16.2 Å². The number of nitrogens with one attached hydrogen (secondary N) is 1. The fraction of sp³-hybridized carbons (Fsp3) is 0.429. The minimum absolute atomic E-state index is 0.0561. The van der Waals surface area contributed by atoms with Crippen molar-refractivity contribution in [2.45, 2.75) is 32.7 Å². The molecule has 0 aliphatic heterocycles. The Morgan fingerprint density at radius 2 is 2.25 bits per heavy atom. The minimum Gasteiger partial charge on any atom is -0.356 e. The van der Waals surface area contributed by atoms with Gasteiger partial charge in [0, 0.05) is 35.5 Å². The van der Waals surface area contributed by atoms with Crippen LogP contribution < -0.4 is 10.2 Å². The van der Waals surface area contributed by atoms with Gasteiger partial charge in [-0.3, -0.25) is 9.59 Å². The monoisotopic (exact) mass is 310 g/mol. The van der Waals surface area contributed by atoms with E-state index >= 15 is 0 Å². The number of carbonyl (C=O) groups excluding carboxylic acids is 1. The van der Waals surface area contributed by atoms with Crippen LogP contribution in [-0.4, -0.2) is 17.0 Å². The second-order valence-electron chi connectivity index (χ2n) is 4.58. The summed E-state index contributed by atoms with van der Waals surface area (Å²) in [6.07, 6.45) is 2.04. The highest BCUT2D eigenvalue weighted by atomic mass is 32.1. The lowest BCUT2D eigenvalue weighted by atomic mass is 10.2. The highest BCUT2D eigenvalue weighted by Crippen LogP contribution is 2.08. The van der Waals surface area contributed by atoms with Crippen LogP contribution in [0.15, 0.2) is 27.7 Å². The van der Waals surface area contributed by atoms with Crippen LogP contribution in [-0.2, 0) is 17.8 Å². The molecular weight excluding hydrogens is 292 g/mol. The Morgan fingerprint density at radius 3 is 2.90 bits per heavy atom. The number of thiazole rings is 1. The summed E-state index contributed by atoms with van der Waals surface area (Å²) in [7, 11) is 0. The van der Waals surface area contributed by atoms with Crippen LogP contribution in [0, 0.1) is 6.92 Å². The Hall–Kier alpha value is -1.40. The molecule has 4 nitrogen and oxygen atoms in total. The maximum Gasteiger partial charge on any atom is 0.307 e. The zero-order valence-electron chi connectivity index (χ0n) is 11.4. The largest absolute Gasteiger partial charge is 0.356 e. The van der Waals surface area contributed by atoms with Gasteiger partial charge in [-0.05, 0) is 31.2 Å². The summed E-state index contributed by atoms with van der Waals surface area (Å²) in [5.41, 5.74) is 0.970. The third-order valence-corrected chi connectivity index (χ3v) is 4.85. The molecule has 0 radical (unpaired) electrons. The van der Waals surface area contributed by atoms with Crippen LogP contribution >= 0.6 is 22.7 Å². The van der Waals surface area contributed by atoms with Gasteiger partial charge in [0.15, 0.2) is 0 Å². The normalized spacial score (nSPS) is 10.7. The number of aromatic nitrogens is 1. The fourth-order valence-electron chi connectivity index (χ4n) is 1.94. The second-order valence-corrected chi connectivity index (χ2v) is 6.43. The summed E-state index contributed by atoms with van der Waals surface area (Å²) in [5.74, 6) is 0.0579. The Labute approximate surface area is 126 Å². The van der Waals surface area contributed by atoms with Crippen LogP contribution in [0.1, 0.15) is 23.4 Å². The van der Waals surface area contributed by atoms with Gasteiger partial charge in [-0.2, -0.15) is 0 Å². The number of amides is 1. The van der Waals surface area contributed by atoms with Crippen molar-refractivity contribution in [2.24, 2.45) is 0 Å². The van der Waals surface area contributed by atoms with E-state index in [4.69, 9.17) is 0 Å². The molecule has 0 fully saturated rings. The molecule has 2 aromatic rings. The first-order valence-electron chi connectivity index (χ1n) is 6.61. The summed E-state index contributed by atoms with van der Waals surface area (Å²) in [6, 6.07) is 4.09. The molecule has 0 aromatic carbocycles. The van der Waals surface area contributed by atoms with Crippen LogP contribution in [0.2, 0.25) is 0 Å². The van der Waals surface area contributed by atoms with E-state index in [1.54, 1.807) is 15.9 Å². The highest BCUT2D eigenvalue weighted by molar-refractivity contribution is 7.09. The number of thiophene rings is 1. The lowest BCUT2D eigenvalue weighted by Crippen LogP contribution is -2.26. The van der Waals surface area contributed by atoms with Crippen molar-refractivity contribution in [1.82, 2.24) is 9.88 Å². The van der Waals surface area contributed by atoms with Crippen LogP contribution in [0.5, 0.6) is 0 Å². The van der Waals surface area contributed by atoms with Gasteiger partial charge in [-0.15, -0.1) is 11.3 Å². The fourth-order valence-corrected chi connectivity index (χ4v) is 3.41. The van der Waals surface area contributed by atoms with Gasteiger partial charge in [-0.1, -0.05) is 17.4 Å². The number of nitrogens with zero attached hydrogens (tertiary/aromatic N) is 1. The second kappa shape index (κ2) is 7.40. The van der Waals surface area contributed by atoms with E-state index in [0.717, 1.165) is 12.1 Å². The SMILES string of the molecule is Cc1csc(=O)n1CCCC(=O)NCCc1cccs1. The van der Waals surface area contributed by atoms with Crippen molar-refractivity contribution >= 4 is 28.6 Å². The first-order valence-corrected chi connectivity index (χ1v) is 8.37. The van der Waals surface area contributed by atoms with Crippen LogP contribution in [0.3, 0.4) is 0 Å². The van der Waals surface area contributed by atoms with Gasteiger partial charge >= 0.3 is 4.87 Å². The molecule has 1 amide bonds. The minimum atomic E-state index is 0.0561. The molecule has 0 saturated heterocycles. The van der Waals surface area contributed by atoms with Crippen molar-refractivity contribution in [3.8, 4) is 0 Å². The van der Waals surface area contributed by atoms with Crippen molar-refractivity contribution in [1.29, 1.82) is 0 Å². The smallest absolute Gasteiger partial charge is 0.307 e. The van der Waals surface area contributed by atoms with Gasteiger partial charge in [0.2, 0.25) is 5.91 Å². The number of rotatable bonds is 7. The Balaban J connectivity index is 1.64. The molecule has 0 aliphatic rings. The number of hydrogen-bond acceptors (Lipinski definition) is 4. The molecule has 0 saturated carbocycles. The summed E-state index contributed by atoms with van der Waals surface area (Å²) in [5, 5.41) is 6.80. The molecule has 6 heteroatoms. The Bertz CT molecular complexity index is 599. The van der Waals surface area contributed by atoms with Crippen molar-refractivity contribution in [3.63, 3.8) is 0 Å². The van der Waals surface area contributed by atoms with E-state index in [-0.39, 0.29) is 10.8 Å². The van der Waals surface area contributed by atoms with Crippen LogP contribution in [0.25, 0.3) is 0 Å². The topological polar surface area (TPSA) is 51.1 Å². The quantitative estimate of drug-likeness (QED) is 0.854. The molecule has 20 heavy (non-hydrogen) atoms. The van der Waals surface area contributed by atoms with E-state index in [2.05, 4.69) is 11.4 Å². The molecule has 0 spiro atoms. The molecule has 0 bridgehead atoms. The van der Waals surface area contributed by atoms with E-state index in [0.29, 0.717) is 25.9 Å². The van der Waals surface area contributed by atoms with E-state index in [9.17, 15) is 9.59 Å². The highest BCUT2D eigenvalue weighted by Gasteiger charge is 2.05. The molecule has 0 atom stereocenters. The van der Waals surface area contributed by atoms with Gasteiger partial charge < -0.3 is 9.88 Å². The lowest BCUT2D eigenvalue weighted by Gasteiger charge is -2.06. The molecule has 0 aliphatic carbocycles. The summed E-state index contributed by atoms with van der Waals surface area (Å²) in [6.45, 7) is 3.21. The first-order chi connectivity index (χ1) is 9.66. The van der Waals surface area contributed by atoms with Crippen LogP contribution in [0.4, 0.5) is 0 Å². The van der Waals surface area contributed by atoms with E-state index < -0.39 is 0 Å². The molecule has 2 heterocycles. The standard InChI is InChI=1S/C14H18N2O2S2/c1-11-10-20-14(18)16(11)8-2-5-13(17)15-7-6-12-4-3-9-19-12/h3-4,9-10H,2,5-8H2,1H3,(H,15,17). The lowest BCUT2D eigenvalue weighted by molar-refractivity contribution is -0.121. The third-order valence-electron chi connectivity index (χ3n) is 3.04. The zero-order chi connectivity index (χ0) is 14.4. The zero-order valence-corrected chi connectivity index (χ0v) is 13.1. The molecule has 0 unspecified atom stereocenters. The molecule has 1 N–H and O–H groups in total. The Kier molecular flexibility index (Phi) is 5.55. The van der Waals surface area contributed by atoms with Crippen molar-refractivity contribution < 1.29 is 4.79 Å². The summed E-state index contributed by atoms with van der Waals surface area (Å²) >= 11 is 2.92. The number of carbonyl (C=O) groups is 1. The van der Waals surface area contributed by atoms with Gasteiger partial charge in [0.1, 0.15) is 0 Å². The molecular formula is C14H18N2O2S2. The maximum absolute atomic E-state index is 11.7. The summed E-state index contributed by atoms with van der Waals surface area (Å²) in [4.78, 5) is 24.5. The van der Waals surface area contributed by atoms with Gasteiger partial charge in [0.25, 0.3) is 0 Å². The molecule has 108 valence electrons. The molecule has 2 rings (SSSR count). The first kappa shape index (κ1) is 15.0. The van der Waals surface area contributed by atoms with E-state index in [1.807, 2.05) is 23.8 Å². The predicted octanol–water partition coefficient (Wildman–Crippen LogP) is 2.42. The van der Waals surface area contributed by atoms with Crippen molar-refractivity contribution in [3.05, 3.63) is 43.1 Å². The average Bonchev–Trinajstić information content (AvgIpc) is 3.03. The number of aryl methyl sites for hydroxylation is 1. The summed E-state index contributed by atoms with van der Waals surface area (Å²) < 4.78 is 1.73. The maximum atomic E-state index is 11.7. The predicted molar refractivity (Wildman–Crippen MR) is 83.6 cm³/mol. The van der Waals surface area contributed by atoms with Gasteiger partial charge in [0.05, 0.1) is 0 Å². The van der Waals surface area contributed by atoms with Gasteiger partial charge in [-0.25, -0.2) is 0 Å². The molecule has 2 aromatic heterocycles. The average molecular weight is 310 g/mol. The third kappa shape index (κ3) is 4.31. The van der Waals surface area contributed by atoms with Crippen molar-refractivity contribution in [2.75, 3.05) is 6.54 Å². The number of hydrogen-bond donors (Lipinski definition) is 1. The Morgan fingerprint density at radius 1 is 1.40 bits per heavy atom.